The summed E-state index contributed by atoms with van der Waals surface area (Å²) in [7, 11) is 0. The average molecular weight is 551 g/mol. The molecule has 0 aliphatic rings. The highest BCUT2D eigenvalue weighted by molar-refractivity contribution is 9.10. The number of halogens is 1. The van der Waals surface area contributed by atoms with E-state index in [9.17, 15) is 14.9 Å². The maximum Gasteiger partial charge on any atom is 0.315 e. The Morgan fingerprint density at radius 2 is 1.94 bits per heavy atom. The highest BCUT2D eigenvalue weighted by Gasteiger charge is 2.23. The van der Waals surface area contributed by atoms with Gasteiger partial charge in [0.1, 0.15) is 12.4 Å². The molecule has 0 aliphatic heterocycles. The summed E-state index contributed by atoms with van der Waals surface area (Å²) in [6.45, 7) is 5.82. The lowest BCUT2D eigenvalue weighted by atomic mass is 10.1. The van der Waals surface area contributed by atoms with Crippen LogP contribution in [0.5, 0.6) is 11.5 Å². The minimum absolute atomic E-state index is 0.0334. The molecule has 36 heavy (non-hydrogen) atoms. The second-order valence-electron chi connectivity index (χ2n) is 8.02. The molecule has 0 bridgehead atoms. The lowest BCUT2D eigenvalue weighted by Gasteiger charge is -2.13. The van der Waals surface area contributed by atoms with Crippen LogP contribution in [0.2, 0.25) is 0 Å². The van der Waals surface area contributed by atoms with Gasteiger partial charge in [-0.25, -0.2) is 4.98 Å². The molecule has 0 N–H and O–H groups in total. The van der Waals surface area contributed by atoms with Gasteiger partial charge < -0.3 is 9.47 Å². The van der Waals surface area contributed by atoms with Gasteiger partial charge in [0.05, 0.1) is 28.6 Å². The van der Waals surface area contributed by atoms with Crippen LogP contribution in [0.15, 0.2) is 69.0 Å². The van der Waals surface area contributed by atoms with Crippen LogP contribution in [-0.4, -0.2) is 27.4 Å². The molecule has 0 saturated heterocycles. The third kappa shape index (κ3) is 5.44. The molecule has 0 aliphatic carbocycles. The lowest BCUT2D eigenvalue weighted by molar-refractivity contribution is -0.386. The standard InChI is InChI=1S/C26H23BrN4O5/c1-4-35-24-12-19(11-23(31(33)34)25(24)36-15-18-7-5-6-16(2)10-18)14-28-30-17(3)29-22-9-8-20(27)13-21(22)26(30)32/h5-14H,4,15H2,1-3H3. The lowest BCUT2D eigenvalue weighted by Crippen LogP contribution is -2.20. The van der Waals surface area contributed by atoms with Crippen molar-refractivity contribution in [2.24, 2.45) is 5.10 Å². The van der Waals surface area contributed by atoms with Crippen LogP contribution in [0, 0.1) is 24.0 Å². The predicted molar refractivity (Wildman–Crippen MR) is 141 cm³/mol. The van der Waals surface area contributed by atoms with E-state index in [2.05, 4.69) is 26.0 Å². The van der Waals surface area contributed by atoms with E-state index in [1.807, 2.05) is 31.2 Å². The molecule has 0 fully saturated rings. The summed E-state index contributed by atoms with van der Waals surface area (Å²) in [5, 5.41) is 16.6. The van der Waals surface area contributed by atoms with Gasteiger partial charge in [0, 0.05) is 16.1 Å². The molecular weight excluding hydrogens is 528 g/mol. The number of hydrogen-bond acceptors (Lipinski definition) is 7. The molecule has 4 rings (SSSR count). The van der Waals surface area contributed by atoms with Crippen LogP contribution in [0.4, 0.5) is 5.69 Å². The molecule has 184 valence electrons. The number of benzene rings is 3. The number of nitro groups is 1. The number of aromatic nitrogens is 2. The third-order valence-electron chi connectivity index (χ3n) is 5.31. The van der Waals surface area contributed by atoms with Gasteiger partial charge in [0.25, 0.3) is 5.56 Å². The number of hydrogen-bond donors (Lipinski definition) is 0. The van der Waals surface area contributed by atoms with Crippen LogP contribution in [0.3, 0.4) is 0 Å². The fourth-order valence-electron chi connectivity index (χ4n) is 3.70. The van der Waals surface area contributed by atoms with Crippen molar-refractivity contribution in [3.8, 4) is 11.5 Å². The topological polar surface area (TPSA) is 109 Å². The SMILES string of the molecule is CCOc1cc(C=Nn2c(C)nc3ccc(Br)cc3c2=O)cc([N+](=O)[O-])c1OCc1cccc(C)c1. The van der Waals surface area contributed by atoms with E-state index in [0.29, 0.717) is 22.3 Å². The fourth-order valence-corrected chi connectivity index (χ4v) is 4.06. The smallest absolute Gasteiger partial charge is 0.315 e. The van der Waals surface area contributed by atoms with Crippen LogP contribution in [0.25, 0.3) is 10.9 Å². The summed E-state index contributed by atoms with van der Waals surface area (Å²) < 4.78 is 13.4. The van der Waals surface area contributed by atoms with E-state index < -0.39 is 4.92 Å². The highest BCUT2D eigenvalue weighted by atomic mass is 79.9. The maximum atomic E-state index is 13.0. The molecule has 0 radical (unpaired) electrons. The summed E-state index contributed by atoms with van der Waals surface area (Å²) in [5.74, 6) is 0.625. The molecule has 4 aromatic rings. The summed E-state index contributed by atoms with van der Waals surface area (Å²) in [6, 6.07) is 15.8. The maximum absolute atomic E-state index is 13.0. The van der Waals surface area contributed by atoms with Crippen LogP contribution in [0.1, 0.15) is 29.4 Å². The molecular formula is C26H23BrN4O5. The molecule has 1 aromatic heterocycles. The zero-order valence-electron chi connectivity index (χ0n) is 19.9. The van der Waals surface area contributed by atoms with Crippen molar-refractivity contribution in [3.63, 3.8) is 0 Å². The van der Waals surface area contributed by atoms with Crippen LogP contribution in [-0.2, 0) is 6.61 Å². The highest BCUT2D eigenvalue weighted by Crippen LogP contribution is 2.39. The van der Waals surface area contributed by atoms with Gasteiger partial charge in [-0.1, -0.05) is 45.8 Å². The van der Waals surface area contributed by atoms with E-state index >= 15 is 0 Å². The first-order valence-electron chi connectivity index (χ1n) is 11.1. The van der Waals surface area contributed by atoms with Crippen molar-refractivity contribution < 1.29 is 14.4 Å². The van der Waals surface area contributed by atoms with Crippen molar-refractivity contribution in [2.45, 2.75) is 27.4 Å². The Hall–Kier alpha value is -4.05. The Labute approximate surface area is 215 Å². The Morgan fingerprint density at radius 1 is 1.14 bits per heavy atom. The van der Waals surface area contributed by atoms with Crippen molar-refractivity contribution >= 4 is 38.7 Å². The normalized spacial score (nSPS) is 11.2. The van der Waals surface area contributed by atoms with Gasteiger partial charge in [-0.05, 0) is 50.6 Å². The zero-order chi connectivity index (χ0) is 25.8. The summed E-state index contributed by atoms with van der Waals surface area (Å²) >= 11 is 3.36. The molecule has 0 unspecified atom stereocenters. The van der Waals surface area contributed by atoms with Crippen LogP contribution >= 0.6 is 15.9 Å². The van der Waals surface area contributed by atoms with E-state index in [-0.39, 0.29) is 36.0 Å². The van der Waals surface area contributed by atoms with Crippen molar-refractivity contribution in [1.29, 1.82) is 0 Å². The summed E-state index contributed by atoms with van der Waals surface area (Å²) in [5.41, 5.74) is 2.24. The summed E-state index contributed by atoms with van der Waals surface area (Å²) in [4.78, 5) is 28.8. The molecule has 0 amide bonds. The first-order chi connectivity index (χ1) is 17.3. The fraction of sp³-hybridized carbons (Fsp3) is 0.192. The van der Waals surface area contributed by atoms with Gasteiger partial charge >= 0.3 is 5.69 Å². The van der Waals surface area contributed by atoms with Crippen molar-refractivity contribution in [1.82, 2.24) is 9.66 Å². The van der Waals surface area contributed by atoms with Crippen LogP contribution < -0.4 is 15.0 Å². The van der Waals surface area contributed by atoms with Gasteiger partial charge in [-0.2, -0.15) is 9.78 Å². The molecule has 0 spiro atoms. The van der Waals surface area contributed by atoms with E-state index in [4.69, 9.17) is 9.47 Å². The molecule has 0 saturated carbocycles. The predicted octanol–water partition coefficient (Wildman–Crippen LogP) is 5.54. The van der Waals surface area contributed by atoms with Crippen molar-refractivity contribution in [2.75, 3.05) is 6.61 Å². The largest absolute Gasteiger partial charge is 0.490 e. The Morgan fingerprint density at radius 3 is 2.67 bits per heavy atom. The zero-order valence-corrected chi connectivity index (χ0v) is 21.5. The first kappa shape index (κ1) is 25.1. The minimum Gasteiger partial charge on any atom is -0.490 e. The first-order valence-corrected chi connectivity index (χ1v) is 11.9. The number of fused-ring (bicyclic) bond motifs is 1. The van der Waals surface area contributed by atoms with E-state index in [1.165, 1.54) is 12.3 Å². The Kier molecular flexibility index (Phi) is 7.44. The number of nitrogens with zero attached hydrogens (tertiary/aromatic N) is 4. The minimum atomic E-state index is -0.530. The second-order valence-corrected chi connectivity index (χ2v) is 8.93. The van der Waals surface area contributed by atoms with Gasteiger partial charge in [0.15, 0.2) is 5.75 Å². The van der Waals surface area contributed by atoms with Gasteiger partial charge in [-0.15, -0.1) is 0 Å². The Bertz CT molecular complexity index is 1550. The van der Waals surface area contributed by atoms with Crippen molar-refractivity contribution in [3.05, 3.63) is 102 Å². The Balaban J connectivity index is 1.73. The third-order valence-corrected chi connectivity index (χ3v) is 5.81. The van der Waals surface area contributed by atoms with Gasteiger partial charge in [-0.3, -0.25) is 14.9 Å². The number of aryl methyl sites for hydroxylation is 2. The number of rotatable bonds is 8. The van der Waals surface area contributed by atoms with E-state index in [1.54, 1.807) is 38.1 Å². The quantitative estimate of drug-likeness (QED) is 0.162. The second kappa shape index (κ2) is 10.7. The molecule has 9 nitrogen and oxygen atoms in total. The molecule has 1 heterocycles. The molecule has 3 aromatic carbocycles. The molecule has 10 heteroatoms. The number of nitro benzene ring substituents is 1. The monoisotopic (exact) mass is 550 g/mol. The number of ether oxygens (including phenoxy) is 2. The average Bonchev–Trinajstić information content (AvgIpc) is 2.83. The summed E-state index contributed by atoms with van der Waals surface area (Å²) in [6.07, 6.45) is 1.36. The molecule has 0 atom stereocenters. The van der Waals surface area contributed by atoms with Gasteiger partial charge in [0.2, 0.25) is 5.75 Å². The van der Waals surface area contributed by atoms with E-state index in [0.717, 1.165) is 20.3 Å².